The van der Waals surface area contributed by atoms with Crippen LogP contribution in [0.15, 0.2) is 35.0 Å². The van der Waals surface area contributed by atoms with Crippen LogP contribution in [-0.4, -0.2) is 13.1 Å². The zero-order chi connectivity index (χ0) is 11.5. The number of hydrogen-bond acceptors (Lipinski definition) is 4. The quantitative estimate of drug-likeness (QED) is 0.641. The third-order valence-electron chi connectivity index (χ3n) is 2.32. The molecule has 0 fully saturated rings. The molecule has 0 unspecified atom stereocenters. The van der Waals surface area contributed by atoms with Crippen molar-refractivity contribution in [2.24, 2.45) is 0 Å². The fourth-order valence-electron chi connectivity index (χ4n) is 1.52. The number of thiophene rings is 1. The number of esters is 1. The maximum Gasteiger partial charge on any atom is 0.339 e. The van der Waals surface area contributed by atoms with Gasteiger partial charge < -0.3 is 10.5 Å². The number of benzene rings is 1. The van der Waals surface area contributed by atoms with Crippen molar-refractivity contribution in [2.75, 3.05) is 12.8 Å². The minimum absolute atomic E-state index is 0.334. The molecular formula is C12H11NO2S. The van der Waals surface area contributed by atoms with Gasteiger partial charge in [0.05, 0.1) is 12.7 Å². The van der Waals surface area contributed by atoms with E-state index in [0.717, 1.165) is 11.1 Å². The lowest BCUT2D eigenvalue weighted by Crippen LogP contribution is -2.01. The molecule has 1 aromatic heterocycles. The molecule has 3 nitrogen and oxygen atoms in total. The zero-order valence-electron chi connectivity index (χ0n) is 8.77. The van der Waals surface area contributed by atoms with Crippen molar-refractivity contribution in [1.29, 1.82) is 0 Å². The van der Waals surface area contributed by atoms with Gasteiger partial charge in [-0.1, -0.05) is 18.2 Å². The number of carbonyl (C=O) groups excluding carboxylic acids is 1. The third kappa shape index (κ3) is 1.79. The zero-order valence-corrected chi connectivity index (χ0v) is 9.58. The van der Waals surface area contributed by atoms with Gasteiger partial charge >= 0.3 is 5.97 Å². The largest absolute Gasteiger partial charge is 0.465 e. The average molecular weight is 233 g/mol. The molecule has 0 radical (unpaired) electrons. The molecule has 0 bridgehead atoms. The molecule has 0 amide bonds. The first-order valence-electron chi connectivity index (χ1n) is 4.73. The van der Waals surface area contributed by atoms with Gasteiger partial charge in [-0.05, 0) is 11.4 Å². The molecular weight excluding hydrogens is 222 g/mol. The van der Waals surface area contributed by atoms with E-state index >= 15 is 0 Å². The standard InChI is InChI=1S/C12H11NO2S/c1-15-12(14)10-7-16-6-9(10)8-4-2-3-5-11(8)13/h2-7H,13H2,1H3. The second-order valence-electron chi connectivity index (χ2n) is 3.28. The first-order chi connectivity index (χ1) is 7.74. The van der Waals surface area contributed by atoms with Crippen LogP contribution in [0.4, 0.5) is 5.69 Å². The highest BCUT2D eigenvalue weighted by Crippen LogP contribution is 2.31. The van der Waals surface area contributed by atoms with Gasteiger partial charge in [-0.25, -0.2) is 4.79 Å². The maximum atomic E-state index is 11.5. The van der Waals surface area contributed by atoms with E-state index < -0.39 is 0 Å². The Kier molecular flexibility index (Phi) is 2.92. The van der Waals surface area contributed by atoms with Gasteiger partial charge in [0.15, 0.2) is 0 Å². The molecule has 16 heavy (non-hydrogen) atoms. The van der Waals surface area contributed by atoms with E-state index in [-0.39, 0.29) is 5.97 Å². The second-order valence-corrected chi connectivity index (χ2v) is 4.02. The van der Waals surface area contributed by atoms with Crippen molar-refractivity contribution in [3.05, 3.63) is 40.6 Å². The van der Waals surface area contributed by atoms with Crippen LogP contribution in [0.5, 0.6) is 0 Å². The normalized spacial score (nSPS) is 10.1. The summed E-state index contributed by atoms with van der Waals surface area (Å²) in [5, 5.41) is 3.67. The van der Waals surface area contributed by atoms with Crippen LogP contribution in [-0.2, 0) is 4.74 Å². The van der Waals surface area contributed by atoms with E-state index in [2.05, 4.69) is 0 Å². The summed E-state index contributed by atoms with van der Waals surface area (Å²) in [6, 6.07) is 7.46. The second kappa shape index (κ2) is 4.37. The Balaban J connectivity index is 2.53. The van der Waals surface area contributed by atoms with Gasteiger partial charge in [-0.15, -0.1) is 0 Å². The van der Waals surface area contributed by atoms with E-state index in [9.17, 15) is 4.79 Å². The number of methoxy groups -OCH3 is 1. The third-order valence-corrected chi connectivity index (χ3v) is 3.06. The van der Waals surface area contributed by atoms with Crippen LogP contribution in [0.1, 0.15) is 10.4 Å². The summed E-state index contributed by atoms with van der Waals surface area (Å²) in [6.07, 6.45) is 0. The van der Waals surface area contributed by atoms with Crippen LogP contribution in [0.25, 0.3) is 11.1 Å². The monoisotopic (exact) mass is 233 g/mol. The summed E-state index contributed by atoms with van der Waals surface area (Å²) in [6.45, 7) is 0. The molecule has 0 saturated heterocycles. The molecule has 0 atom stereocenters. The molecule has 4 heteroatoms. The van der Waals surface area contributed by atoms with Crippen LogP contribution in [0.3, 0.4) is 0 Å². The first kappa shape index (κ1) is 10.7. The number of hydrogen-bond donors (Lipinski definition) is 1. The Bertz CT molecular complexity index is 519. The van der Waals surface area contributed by atoms with E-state index in [1.54, 1.807) is 5.38 Å². The number of ether oxygens (including phenoxy) is 1. The molecule has 82 valence electrons. The predicted molar refractivity (Wildman–Crippen MR) is 65.5 cm³/mol. The Morgan fingerprint density at radius 3 is 2.69 bits per heavy atom. The summed E-state index contributed by atoms with van der Waals surface area (Å²) < 4.78 is 4.72. The molecule has 1 aromatic carbocycles. The maximum absolute atomic E-state index is 11.5. The van der Waals surface area contributed by atoms with Gasteiger partial charge in [0.1, 0.15) is 0 Å². The molecule has 0 aliphatic heterocycles. The minimum Gasteiger partial charge on any atom is -0.465 e. The molecule has 1 heterocycles. The van der Waals surface area contributed by atoms with Gasteiger partial charge in [0, 0.05) is 22.2 Å². The highest BCUT2D eigenvalue weighted by atomic mass is 32.1. The number of nitrogen functional groups attached to an aromatic ring is 1. The smallest absolute Gasteiger partial charge is 0.339 e. The molecule has 2 aromatic rings. The lowest BCUT2D eigenvalue weighted by Gasteiger charge is -2.05. The average Bonchev–Trinajstić information content (AvgIpc) is 2.77. The summed E-state index contributed by atoms with van der Waals surface area (Å²) >= 11 is 1.46. The molecule has 0 aliphatic carbocycles. The van der Waals surface area contributed by atoms with Crippen molar-refractivity contribution in [1.82, 2.24) is 0 Å². The predicted octanol–water partition coefficient (Wildman–Crippen LogP) is 2.78. The fourth-order valence-corrected chi connectivity index (χ4v) is 2.33. The summed E-state index contributed by atoms with van der Waals surface area (Å²) in [5.74, 6) is -0.334. The number of anilines is 1. The van der Waals surface area contributed by atoms with Crippen LogP contribution < -0.4 is 5.73 Å². The molecule has 2 N–H and O–H groups in total. The first-order valence-corrected chi connectivity index (χ1v) is 5.67. The van der Waals surface area contributed by atoms with Crippen LogP contribution in [0.2, 0.25) is 0 Å². The molecule has 0 aliphatic rings. The van der Waals surface area contributed by atoms with E-state index in [1.807, 2.05) is 29.6 Å². The van der Waals surface area contributed by atoms with Crippen LogP contribution in [0, 0.1) is 0 Å². The summed E-state index contributed by atoms with van der Waals surface area (Å²) in [7, 11) is 1.37. The molecule has 2 rings (SSSR count). The Hall–Kier alpha value is -1.81. The van der Waals surface area contributed by atoms with Gasteiger partial charge in [0.25, 0.3) is 0 Å². The Morgan fingerprint density at radius 1 is 1.25 bits per heavy atom. The number of para-hydroxylation sites is 1. The highest BCUT2D eigenvalue weighted by molar-refractivity contribution is 7.08. The van der Waals surface area contributed by atoms with Crippen molar-refractivity contribution in [2.45, 2.75) is 0 Å². The molecule has 0 saturated carbocycles. The van der Waals surface area contributed by atoms with Crippen molar-refractivity contribution in [3.8, 4) is 11.1 Å². The fraction of sp³-hybridized carbons (Fsp3) is 0.0833. The van der Waals surface area contributed by atoms with Crippen LogP contribution >= 0.6 is 11.3 Å². The highest BCUT2D eigenvalue weighted by Gasteiger charge is 2.15. The Morgan fingerprint density at radius 2 is 2.00 bits per heavy atom. The van der Waals surface area contributed by atoms with E-state index in [4.69, 9.17) is 10.5 Å². The lowest BCUT2D eigenvalue weighted by atomic mass is 10.0. The van der Waals surface area contributed by atoms with Crippen molar-refractivity contribution in [3.63, 3.8) is 0 Å². The van der Waals surface area contributed by atoms with E-state index in [0.29, 0.717) is 11.3 Å². The lowest BCUT2D eigenvalue weighted by molar-refractivity contribution is 0.0602. The molecule has 0 spiro atoms. The van der Waals surface area contributed by atoms with Gasteiger partial charge in [-0.3, -0.25) is 0 Å². The van der Waals surface area contributed by atoms with Crippen molar-refractivity contribution >= 4 is 23.0 Å². The SMILES string of the molecule is COC(=O)c1cscc1-c1ccccc1N. The van der Waals surface area contributed by atoms with E-state index in [1.165, 1.54) is 18.4 Å². The van der Waals surface area contributed by atoms with Gasteiger partial charge in [0.2, 0.25) is 0 Å². The van der Waals surface area contributed by atoms with Gasteiger partial charge in [-0.2, -0.15) is 11.3 Å². The number of rotatable bonds is 2. The topological polar surface area (TPSA) is 52.3 Å². The number of carbonyl (C=O) groups is 1. The summed E-state index contributed by atoms with van der Waals surface area (Å²) in [5.41, 5.74) is 8.79. The Labute approximate surface area is 97.5 Å². The minimum atomic E-state index is -0.334. The van der Waals surface area contributed by atoms with Crippen molar-refractivity contribution < 1.29 is 9.53 Å². The summed E-state index contributed by atoms with van der Waals surface area (Å²) in [4.78, 5) is 11.5. The number of nitrogens with two attached hydrogens (primary N) is 1.